The maximum atomic E-state index is 12.6. The van der Waals surface area contributed by atoms with Crippen molar-refractivity contribution in [3.8, 4) is 0 Å². The molecule has 1 aromatic rings. The number of hydrogen-bond acceptors (Lipinski definition) is 2. The van der Waals surface area contributed by atoms with Gasteiger partial charge in [0.2, 0.25) is 0 Å². The van der Waals surface area contributed by atoms with Gasteiger partial charge < -0.3 is 0 Å². The number of Topliss-reactive ketones (excluding diaryl/α,β-unsaturated/α-hetero) is 1. The van der Waals surface area contributed by atoms with E-state index >= 15 is 0 Å². The van der Waals surface area contributed by atoms with E-state index in [4.69, 9.17) is 0 Å². The standard InChI is InChI=1S/C17H25NO/c1-14-7-9-15(10-8-14)13-16(19)17(2,3)18-11-5-4-6-12-18/h7-10H,4-6,11-13H2,1-3H3. The second-order valence-corrected chi connectivity index (χ2v) is 6.19. The molecule has 0 bridgehead atoms. The normalized spacial score (nSPS) is 17.4. The molecule has 0 unspecified atom stereocenters. The van der Waals surface area contributed by atoms with E-state index < -0.39 is 0 Å². The van der Waals surface area contributed by atoms with Crippen LogP contribution in [0.25, 0.3) is 0 Å². The fourth-order valence-electron chi connectivity index (χ4n) is 2.74. The molecular weight excluding hydrogens is 234 g/mol. The summed E-state index contributed by atoms with van der Waals surface area (Å²) in [5.41, 5.74) is 2.04. The first-order chi connectivity index (χ1) is 9.00. The maximum Gasteiger partial charge on any atom is 0.156 e. The van der Waals surface area contributed by atoms with Crippen LogP contribution in [0.2, 0.25) is 0 Å². The lowest BCUT2D eigenvalue weighted by atomic mass is 9.90. The molecule has 1 aliphatic rings. The van der Waals surface area contributed by atoms with Crippen molar-refractivity contribution >= 4 is 5.78 Å². The zero-order chi connectivity index (χ0) is 13.9. The molecular formula is C17H25NO. The van der Waals surface area contributed by atoms with Gasteiger partial charge in [-0.15, -0.1) is 0 Å². The first-order valence-corrected chi connectivity index (χ1v) is 7.34. The summed E-state index contributed by atoms with van der Waals surface area (Å²) in [5.74, 6) is 0.332. The number of nitrogens with zero attached hydrogens (tertiary/aromatic N) is 1. The zero-order valence-electron chi connectivity index (χ0n) is 12.4. The smallest absolute Gasteiger partial charge is 0.156 e. The van der Waals surface area contributed by atoms with Crippen LogP contribution in [0.15, 0.2) is 24.3 Å². The van der Waals surface area contributed by atoms with Gasteiger partial charge >= 0.3 is 0 Å². The van der Waals surface area contributed by atoms with Gasteiger partial charge in [0.05, 0.1) is 5.54 Å². The maximum absolute atomic E-state index is 12.6. The van der Waals surface area contributed by atoms with Gasteiger partial charge in [0, 0.05) is 6.42 Å². The number of hydrogen-bond donors (Lipinski definition) is 0. The zero-order valence-corrected chi connectivity index (χ0v) is 12.4. The van der Waals surface area contributed by atoms with Gasteiger partial charge in [0.15, 0.2) is 5.78 Å². The molecule has 1 aliphatic heterocycles. The number of ketones is 1. The average Bonchev–Trinajstić information content (AvgIpc) is 2.42. The minimum absolute atomic E-state index is 0.328. The summed E-state index contributed by atoms with van der Waals surface area (Å²) < 4.78 is 0. The molecule has 0 aliphatic carbocycles. The second kappa shape index (κ2) is 5.87. The number of likely N-dealkylation sites (tertiary alicyclic amines) is 1. The lowest BCUT2D eigenvalue weighted by molar-refractivity contribution is -0.129. The molecule has 1 saturated heterocycles. The number of rotatable bonds is 4. The van der Waals surface area contributed by atoms with Crippen LogP contribution < -0.4 is 0 Å². The highest BCUT2D eigenvalue weighted by atomic mass is 16.1. The SMILES string of the molecule is Cc1ccc(CC(=O)C(C)(C)N2CCCCC2)cc1. The van der Waals surface area contributed by atoms with Gasteiger partial charge in [-0.2, -0.15) is 0 Å². The van der Waals surface area contributed by atoms with Crippen LogP contribution >= 0.6 is 0 Å². The molecule has 1 heterocycles. The molecule has 0 radical (unpaired) electrons. The first-order valence-electron chi connectivity index (χ1n) is 7.34. The Balaban J connectivity index is 2.03. The Hall–Kier alpha value is -1.15. The molecule has 1 fully saturated rings. The Kier molecular flexibility index (Phi) is 4.41. The summed E-state index contributed by atoms with van der Waals surface area (Å²) >= 11 is 0. The first kappa shape index (κ1) is 14.3. The van der Waals surface area contributed by atoms with Gasteiger partial charge in [0.1, 0.15) is 0 Å². The van der Waals surface area contributed by atoms with Crippen molar-refractivity contribution in [3.05, 3.63) is 35.4 Å². The highest BCUT2D eigenvalue weighted by Crippen LogP contribution is 2.23. The molecule has 19 heavy (non-hydrogen) atoms. The molecule has 0 atom stereocenters. The van der Waals surface area contributed by atoms with Gasteiger partial charge in [-0.1, -0.05) is 36.2 Å². The average molecular weight is 259 g/mol. The molecule has 2 heteroatoms. The lowest BCUT2D eigenvalue weighted by Crippen LogP contribution is -2.52. The van der Waals surface area contributed by atoms with Crippen LogP contribution in [0.4, 0.5) is 0 Å². The van der Waals surface area contributed by atoms with Crippen molar-refractivity contribution in [2.75, 3.05) is 13.1 Å². The minimum atomic E-state index is -0.328. The van der Waals surface area contributed by atoms with E-state index in [-0.39, 0.29) is 5.54 Å². The van der Waals surface area contributed by atoms with E-state index in [1.807, 2.05) is 0 Å². The Bertz CT molecular complexity index is 427. The molecule has 104 valence electrons. The van der Waals surface area contributed by atoms with Gasteiger partial charge in [-0.25, -0.2) is 0 Å². The van der Waals surface area contributed by atoms with E-state index in [1.54, 1.807) is 0 Å². The van der Waals surface area contributed by atoms with E-state index in [2.05, 4.69) is 49.9 Å². The monoisotopic (exact) mass is 259 g/mol. The van der Waals surface area contributed by atoms with Crippen LogP contribution in [0.1, 0.15) is 44.2 Å². The fraction of sp³-hybridized carbons (Fsp3) is 0.588. The van der Waals surface area contributed by atoms with Crippen molar-refractivity contribution in [2.45, 2.75) is 52.0 Å². The number of benzene rings is 1. The third-order valence-corrected chi connectivity index (χ3v) is 4.31. The van der Waals surface area contributed by atoms with E-state index in [0.717, 1.165) is 18.7 Å². The molecule has 0 saturated carbocycles. The van der Waals surface area contributed by atoms with Crippen molar-refractivity contribution in [3.63, 3.8) is 0 Å². The summed E-state index contributed by atoms with van der Waals surface area (Å²) in [6.45, 7) is 8.35. The Morgan fingerprint density at radius 1 is 1.11 bits per heavy atom. The Morgan fingerprint density at radius 3 is 2.26 bits per heavy atom. The van der Waals surface area contributed by atoms with Crippen LogP contribution in [0.5, 0.6) is 0 Å². The van der Waals surface area contributed by atoms with Crippen molar-refractivity contribution < 1.29 is 4.79 Å². The molecule has 2 rings (SSSR count). The lowest BCUT2D eigenvalue weighted by Gasteiger charge is -2.39. The second-order valence-electron chi connectivity index (χ2n) is 6.19. The quantitative estimate of drug-likeness (QED) is 0.826. The number of piperidine rings is 1. The van der Waals surface area contributed by atoms with Crippen molar-refractivity contribution in [2.24, 2.45) is 0 Å². The van der Waals surface area contributed by atoms with Crippen LogP contribution in [-0.4, -0.2) is 29.3 Å². The molecule has 0 spiro atoms. The summed E-state index contributed by atoms with van der Waals surface area (Å²) in [6, 6.07) is 8.30. The van der Waals surface area contributed by atoms with E-state index in [1.165, 1.54) is 24.8 Å². The molecule has 0 amide bonds. The summed E-state index contributed by atoms with van der Waals surface area (Å²) in [6.07, 6.45) is 4.30. The number of aryl methyl sites for hydroxylation is 1. The molecule has 0 N–H and O–H groups in total. The predicted molar refractivity (Wildman–Crippen MR) is 79.4 cm³/mol. The molecule has 2 nitrogen and oxygen atoms in total. The van der Waals surface area contributed by atoms with E-state index in [9.17, 15) is 4.79 Å². The van der Waals surface area contributed by atoms with Crippen molar-refractivity contribution in [1.82, 2.24) is 4.90 Å². The minimum Gasteiger partial charge on any atom is -0.297 e. The fourth-order valence-corrected chi connectivity index (χ4v) is 2.74. The van der Waals surface area contributed by atoms with Crippen LogP contribution in [-0.2, 0) is 11.2 Å². The third-order valence-electron chi connectivity index (χ3n) is 4.31. The third kappa shape index (κ3) is 3.44. The van der Waals surface area contributed by atoms with Gasteiger partial charge in [-0.05, 0) is 52.3 Å². The van der Waals surface area contributed by atoms with E-state index in [0.29, 0.717) is 12.2 Å². The Labute approximate surface area is 116 Å². The number of carbonyl (C=O) groups excluding carboxylic acids is 1. The van der Waals surface area contributed by atoms with Crippen molar-refractivity contribution in [1.29, 1.82) is 0 Å². The summed E-state index contributed by atoms with van der Waals surface area (Å²) in [4.78, 5) is 14.9. The topological polar surface area (TPSA) is 20.3 Å². The largest absolute Gasteiger partial charge is 0.297 e. The summed E-state index contributed by atoms with van der Waals surface area (Å²) in [5, 5.41) is 0. The predicted octanol–water partition coefficient (Wildman–Crippen LogP) is 3.37. The molecule has 1 aromatic carbocycles. The van der Waals surface area contributed by atoms with Gasteiger partial charge in [-0.3, -0.25) is 9.69 Å². The molecule has 0 aromatic heterocycles. The van der Waals surface area contributed by atoms with Crippen LogP contribution in [0, 0.1) is 6.92 Å². The highest BCUT2D eigenvalue weighted by Gasteiger charge is 2.34. The van der Waals surface area contributed by atoms with Crippen LogP contribution in [0.3, 0.4) is 0 Å². The highest BCUT2D eigenvalue weighted by molar-refractivity contribution is 5.89. The Morgan fingerprint density at radius 2 is 1.68 bits per heavy atom. The van der Waals surface area contributed by atoms with Gasteiger partial charge in [0.25, 0.3) is 0 Å². The number of carbonyl (C=O) groups is 1. The summed E-state index contributed by atoms with van der Waals surface area (Å²) in [7, 11) is 0.